The van der Waals surface area contributed by atoms with E-state index in [1.54, 1.807) is 0 Å². The van der Waals surface area contributed by atoms with Crippen LogP contribution in [0.5, 0.6) is 0 Å². The summed E-state index contributed by atoms with van der Waals surface area (Å²) in [6.07, 6.45) is 1.58. The molecule has 0 aromatic heterocycles. The number of aliphatic imine (C=N–C) groups is 1. The van der Waals surface area contributed by atoms with Crippen LogP contribution in [0.4, 0.5) is 13.2 Å². The van der Waals surface area contributed by atoms with Gasteiger partial charge in [0.25, 0.3) is 0 Å². The van der Waals surface area contributed by atoms with Crippen molar-refractivity contribution in [3.63, 3.8) is 0 Å². The van der Waals surface area contributed by atoms with Crippen molar-refractivity contribution in [2.24, 2.45) is 4.99 Å². The number of hydrogen-bond donors (Lipinski definition) is 1. The minimum absolute atomic E-state index is 0.375. The Labute approximate surface area is 124 Å². The highest BCUT2D eigenvalue weighted by Crippen LogP contribution is 2.25. The molecule has 21 heavy (non-hydrogen) atoms. The first-order chi connectivity index (χ1) is 9.90. The Kier molecular flexibility index (Phi) is 6.82. The van der Waals surface area contributed by atoms with Crippen molar-refractivity contribution in [3.05, 3.63) is 0 Å². The van der Waals surface area contributed by atoms with Crippen molar-refractivity contribution in [3.8, 4) is 12.3 Å². The van der Waals surface area contributed by atoms with E-state index < -0.39 is 12.2 Å². The van der Waals surface area contributed by atoms with Gasteiger partial charge < -0.3 is 10.2 Å². The van der Waals surface area contributed by atoms with Crippen molar-refractivity contribution in [2.45, 2.75) is 32.5 Å². The highest BCUT2D eigenvalue weighted by atomic mass is 19.4. The zero-order valence-electron chi connectivity index (χ0n) is 12.6. The Morgan fingerprint density at radius 3 is 2.43 bits per heavy atom. The molecule has 1 aliphatic heterocycles. The number of nitrogens with one attached hydrogen (secondary N) is 1. The van der Waals surface area contributed by atoms with Crippen molar-refractivity contribution in [1.82, 2.24) is 15.1 Å². The average molecular weight is 304 g/mol. The molecule has 1 saturated heterocycles. The molecule has 7 heteroatoms. The summed E-state index contributed by atoms with van der Waals surface area (Å²) in [6.45, 7) is 6.22. The molecule has 1 heterocycles. The van der Waals surface area contributed by atoms with E-state index in [1.807, 2.05) is 11.8 Å². The normalized spacial score (nSPS) is 19.2. The van der Waals surface area contributed by atoms with Crippen LogP contribution in [-0.4, -0.2) is 67.2 Å². The second-order valence-corrected chi connectivity index (χ2v) is 4.93. The number of nitrogens with zero attached hydrogens (tertiary/aromatic N) is 3. The summed E-state index contributed by atoms with van der Waals surface area (Å²) in [7, 11) is 0. The lowest BCUT2D eigenvalue weighted by Crippen LogP contribution is -2.56. The molecule has 1 N–H and O–H groups in total. The molecule has 0 amide bonds. The van der Waals surface area contributed by atoms with Crippen LogP contribution in [0.2, 0.25) is 0 Å². The lowest BCUT2D eigenvalue weighted by atomic mass is 10.2. The summed E-state index contributed by atoms with van der Waals surface area (Å²) in [6, 6.07) is -1.40. The summed E-state index contributed by atoms with van der Waals surface area (Å²) < 4.78 is 38.1. The molecule has 4 nitrogen and oxygen atoms in total. The fraction of sp³-hybridized carbons (Fsp3) is 0.786. The van der Waals surface area contributed by atoms with Gasteiger partial charge in [0.15, 0.2) is 5.96 Å². The van der Waals surface area contributed by atoms with Crippen molar-refractivity contribution >= 4 is 5.96 Å². The summed E-state index contributed by atoms with van der Waals surface area (Å²) in [5.74, 6) is 3.25. The molecule has 0 saturated carbocycles. The minimum atomic E-state index is -4.17. The van der Waals surface area contributed by atoms with E-state index in [2.05, 4.69) is 16.2 Å². The second kappa shape index (κ2) is 8.13. The predicted molar refractivity (Wildman–Crippen MR) is 78.1 cm³/mol. The third kappa shape index (κ3) is 5.46. The molecular weight excluding hydrogens is 281 g/mol. The monoisotopic (exact) mass is 304 g/mol. The minimum Gasteiger partial charge on any atom is -0.357 e. The Bertz CT molecular complexity index is 379. The molecule has 1 fully saturated rings. The maximum absolute atomic E-state index is 12.7. The summed E-state index contributed by atoms with van der Waals surface area (Å²) in [5, 5.41) is 3.15. The van der Waals surface area contributed by atoms with Crippen LogP contribution in [0, 0.1) is 12.3 Å². The molecule has 0 spiro atoms. The summed E-state index contributed by atoms with van der Waals surface area (Å²) in [4.78, 5) is 7.84. The maximum Gasteiger partial charge on any atom is 0.403 e. The first kappa shape index (κ1) is 17.6. The van der Waals surface area contributed by atoms with Gasteiger partial charge in [-0.05, 0) is 13.8 Å². The van der Waals surface area contributed by atoms with Crippen LogP contribution in [0.15, 0.2) is 4.99 Å². The number of piperazine rings is 1. The third-order valence-electron chi connectivity index (χ3n) is 3.49. The Balaban J connectivity index is 2.57. The lowest BCUT2D eigenvalue weighted by Gasteiger charge is -2.39. The van der Waals surface area contributed by atoms with E-state index in [0.29, 0.717) is 45.7 Å². The van der Waals surface area contributed by atoms with Crippen molar-refractivity contribution in [2.75, 3.05) is 39.3 Å². The zero-order valence-corrected chi connectivity index (χ0v) is 12.6. The van der Waals surface area contributed by atoms with Crippen LogP contribution in [0.1, 0.15) is 20.3 Å². The zero-order chi connectivity index (χ0) is 15.9. The van der Waals surface area contributed by atoms with Crippen LogP contribution < -0.4 is 5.32 Å². The second-order valence-electron chi connectivity index (χ2n) is 4.93. The van der Waals surface area contributed by atoms with Crippen LogP contribution in [-0.2, 0) is 0 Å². The Morgan fingerprint density at radius 2 is 1.95 bits per heavy atom. The van der Waals surface area contributed by atoms with Gasteiger partial charge in [-0.15, -0.1) is 12.3 Å². The first-order valence-corrected chi connectivity index (χ1v) is 7.17. The highest BCUT2D eigenvalue weighted by molar-refractivity contribution is 5.80. The van der Waals surface area contributed by atoms with E-state index in [0.717, 1.165) is 5.96 Å². The van der Waals surface area contributed by atoms with Gasteiger partial charge in [0, 0.05) is 39.1 Å². The molecule has 0 radical (unpaired) electrons. The predicted octanol–water partition coefficient (Wildman–Crippen LogP) is 1.54. The molecule has 1 unspecified atom stereocenters. The third-order valence-corrected chi connectivity index (χ3v) is 3.49. The van der Waals surface area contributed by atoms with E-state index in [4.69, 9.17) is 6.42 Å². The number of alkyl halides is 3. The molecule has 0 aromatic carbocycles. The lowest BCUT2D eigenvalue weighted by molar-refractivity contribution is -0.181. The van der Waals surface area contributed by atoms with Gasteiger partial charge >= 0.3 is 6.18 Å². The number of halogens is 3. The van der Waals surface area contributed by atoms with Gasteiger partial charge in [0.1, 0.15) is 6.04 Å². The largest absolute Gasteiger partial charge is 0.403 e. The van der Waals surface area contributed by atoms with Gasteiger partial charge in [-0.3, -0.25) is 9.89 Å². The SMILES string of the molecule is C#CCCN=C(NCC)N1CCN(C(C)C(F)(F)F)CC1. The number of guanidine groups is 1. The molecule has 1 atom stereocenters. The Morgan fingerprint density at radius 1 is 1.33 bits per heavy atom. The van der Waals surface area contributed by atoms with Gasteiger partial charge in [-0.1, -0.05) is 0 Å². The summed E-state index contributed by atoms with van der Waals surface area (Å²) >= 11 is 0. The van der Waals surface area contributed by atoms with Gasteiger partial charge in [0.05, 0.1) is 6.54 Å². The fourth-order valence-corrected chi connectivity index (χ4v) is 2.18. The van der Waals surface area contributed by atoms with Crippen molar-refractivity contribution < 1.29 is 13.2 Å². The molecule has 1 rings (SSSR count). The average Bonchev–Trinajstić information content (AvgIpc) is 2.45. The molecule has 0 aromatic rings. The number of rotatable bonds is 4. The van der Waals surface area contributed by atoms with Crippen LogP contribution in [0.3, 0.4) is 0 Å². The number of hydrogen-bond acceptors (Lipinski definition) is 2. The standard InChI is InChI=1S/C14H23F3N4/c1-4-6-7-19-13(18-5-2)21-10-8-20(9-11-21)12(3)14(15,16)17/h1,12H,5-11H2,2-3H3,(H,18,19). The van der Waals surface area contributed by atoms with E-state index in [1.165, 1.54) is 11.8 Å². The van der Waals surface area contributed by atoms with Crippen LogP contribution >= 0.6 is 0 Å². The molecular formula is C14H23F3N4. The van der Waals surface area contributed by atoms with Gasteiger partial charge in [0.2, 0.25) is 0 Å². The van der Waals surface area contributed by atoms with Gasteiger partial charge in [-0.25, -0.2) is 0 Å². The fourth-order valence-electron chi connectivity index (χ4n) is 2.18. The van der Waals surface area contributed by atoms with Gasteiger partial charge in [-0.2, -0.15) is 13.2 Å². The molecule has 120 valence electrons. The topological polar surface area (TPSA) is 30.9 Å². The van der Waals surface area contributed by atoms with E-state index in [9.17, 15) is 13.2 Å². The van der Waals surface area contributed by atoms with E-state index >= 15 is 0 Å². The Hall–Kier alpha value is -1.42. The molecule has 1 aliphatic rings. The highest BCUT2D eigenvalue weighted by Gasteiger charge is 2.40. The molecule has 0 aliphatic carbocycles. The first-order valence-electron chi connectivity index (χ1n) is 7.17. The quantitative estimate of drug-likeness (QED) is 0.370. The van der Waals surface area contributed by atoms with Crippen molar-refractivity contribution in [1.29, 1.82) is 0 Å². The van der Waals surface area contributed by atoms with Crippen LogP contribution in [0.25, 0.3) is 0 Å². The summed E-state index contributed by atoms with van der Waals surface area (Å²) in [5.41, 5.74) is 0. The number of terminal acetylenes is 1. The molecule has 0 bridgehead atoms. The maximum atomic E-state index is 12.7. The smallest absolute Gasteiger partial charge is 0.357 e. The van der Waals surface area contributed by atoms with E-state index in [-0.39, 0.29) is 0 Å².